The quantitative estimate of drug-likeness (QED) is 0.879. The van der Waals surface area contributed by atoms with E-state index in [0.29, 0.717) is 12.6 Å². The highest BCUT2D eigenvalue weighted by Gasteiger charge is 2.14. The topological polar surface area (TPSA) is 51.4 Å². The fourth-order valence-corrected chi connectivity index (χ4v) is 2.37. The number of hydrogen-bond acceptors (Lipinski definition) is 4. The van der Waals surface area contributed by atoms with Gasteiger partial charge >= 0.3 is 0 Å². The summed E-state index contributed by atoms with van der Waals surface area (Å²) in [4.78, 5) is 6.89. The molecule has 108 valence electrons. The zero-order valence-corrected chi connectivity index (χ0v) is 12.5. The average molecular weight is 273 g/mol. The number of pyridine rings is 1. The van der Waals surface area contributed by atoms with Crippen LogP contribution in [0.15, 0.2) is 30.5 Å². The largest absolute Gasteiger partial charge is 0.497 e. The van der Waals surface area contributed by atoms with Gasteiger partial charge in [-0.15, -0.1) is 0 Å². The van der Waals surface area contributed by atoms with Gasteiger partial charge in [0, 0.05) is 24.2 Å². The van der Waals surface area contributed by atoms with Gasteiger partial charge in [-0.3, -0.25) is 0 Å². The summed E-state index contributed by atoms with van der Waals surface area (Å²) in [5, 5.41) is 2.30. The molecule has 0 radical (unpaired) electrons. The first-order valence-electron chi connectivity index (χ1n) is 7.07. The summed E-state index contributed by atoms with van der Waals surface area (Å²) in [6.45, 7) is 5.98. The van der Waals surface area contributed by atoms with E-state index < -0.39 is 0 Å². The Morgan fingerprint density at radius 2 is 2.10 bits per heavy atom. The number of methoxy groups -OCH3 is 1. The predicted molar refractivity (Wildman–Crippen MR) is 84.4 cm³/mol. The average Bonchev–Trinajstić information content (AvgIpc) is 2.46. The third-order valence-electron chi connectivity index (χ3n) is 3.45. The van der Waals surface area contributed by atoms with E-state index in [9.17, 15) is 0 Å². The molecule has 20 heavy (non-hydrogen) atoms. The minimum atomic E-state index is 0.391. The van der Waals surface area contributed by atoms with Crippen LogP contribution in [0.5, 0.6) is 5.75 Å². The van der Waals surface area contributed by atoms with Crippen LogP contribution in [0.1, 0.15) is 20.3 Å². The normalized spacial score (nSPS) is 11.1. The second-order valence-corrected chi connectivity index (χ2v) is 5.15. The maximum Gasteiger partial charge on any atom is 0.136 e. The van der Waals surface area contributed by atoms with Gasteiger partial charge in [0.25, 0.3) is 0 Å². The number of fused-ring (bicyclic) bond motifs is 1. The third kappa shape index (κ3) is 3.02. The summed E-state index contributed by atoms with van der Waals surface area (Å²) in [5.74, 6) is 1.89. The smallest absolute Gasteiger partial charge is 0.136 e. The molecule has 0 amide bonds. The lowest BCUT2D eigenvalue weighted by Crippen LogP contribution is -2.33. The zero-order valence-electron chi connectivity index (χ0n) is 12.5. The summed E-state index contributed by atoms with van der Waals surface area (Å²) in [7, 11) is 1.69. The van der Waals surface area contributed by atoms with Gasteiger partial charge in [0.05, 0.1) is 7.11 Å². The molecule has 1 aromatic carbocycles. The molecule has 1 aromatic heterocycles. The van der Waals surface area contributed by atoms with E-state index in [-0.39, 0.29) is 0 Å². The van der Waals surface area contributed by atoms with Crippen LogP contribution < -0.4 is 15.4 Å². The molecule has 0 aliphatic carbocycles. The number of rotatable bonds is 6. The van der Waals surface area contributed by atoms with Gasteiger partial charge < -0.3 is 15.4 Å². The second kappa shape index (κ2) is 6.57. The van der Waals surface area contributed by atoms with Crippen molar-refractivity contribution in [3.8, 4) is 5.75 Å². The Morgan fingerprint density at radius 1 is 1.30 bits per heavy atom. The number of aromatic nitrogens is 1. The van der Waals surface area contributed by atoms with Gasteiger partial charge in [0.15, 0.2) is 0 Å². The van der Waals surface area contributed by atoms with Crippen molar-refractivity contribution in [3.63, 3.8) is 0 Å². The zero-order chi connectivity index (χ0) is 14.5. The molecule has 4 heteroatoms. The van der Waals surface area contributed by atoms with Crippen LogP contribution in [0.25, 0.3) is 10.8 Å². The molecule has 2 rings (SSSR count). The molecule has 0 atom stereocenters. The molecule has 2 N–H and O–H groups in total. The molecule has 2 aromatic rings. The van der Waals surface area contributed by atoms with E-state index in [2.05, 4.69) is 29.8 Å². The molecule has 1 heterocycles. The molecule has 0 aliphatic rings. The Hall–Kier alpha value is -1.81. The van der Waals surface area contributed by atoms with Crippen LogP contribution >= 0.6 is 0 Å². The van der Waals surface area contributed by atoms with E-state index in [1.807, 2.05) is 24.4 Å². The van der Waals surface area contributed by atoms with E-state index >= 15 is 0 Å². The summed E-state index contributed by atoms with van der Waals surface area (Å²) >= 11 is 0. The molecule has 0 unspecified atom stereocenters. The molecule has 4 nitrogen and oxygen atoms in total. The maximum atomic E-state index is 5.64. The molecule has 0 spiro atoms. The summed E-state index contributed by atoms with van der Waals surface area (Å²) in [5.41, 5.74) is 5.64. The van der Waals surface area contributed by atoms with E-state index in [4.69, 9.17) is 10.5 Å². The van der Waals surface area contributed by atoms with Crippen molar-refractivity contribution < 1.29 is 4.74 Å². The van der Waals surface area contributed by atoms with Crippen molar-refractivity contribution in [1.29, 1.82) is 0 Å². The fraction of sp³-hybridized carbons (Fsp3) is 0.438. The number of anilines is 1. The van der Waals surface area contributed by atoms with Crippen molar-refractivity contribution in [1.82, 2.24) is 4.98 Å². The lowest BCUT2D eigenvalue weighted by atomic mass is 10.1. The number of hydrogen-bond donors (Lipinski definition) is 1. The first kappa shape index (κ1) is 14.6. The highest BCUT2D eigenvalue weighted by Crippen LogP contribution is 2.28. The summed E-state index contributed by atoms with van der Waals surface area (Å²) < 4.78 is 5.28. The van der Waals surface area contributed by atoms with Crippen LogP contribution in [0, 0.1) is 0 Å². The number of nitrogens with zero attached hydrogens (tertiary/aromatic N) is 2. The molecular formula is C16H23N3O. The first-order chi connectivity index (χ1) is 9.67. The van der Waals surface area contributed by atoms with Gasteiger partial charge in [0.1, 0.15) is 11.6 Å². The number of nitrogens with two attached hydrogens (primary N) is 1. The van der Waals surface area contributed by atoms with Crippen molar-refractivity contribution in [3.05, 3.63) is 30.5 Å². The SMILES string of the molecule is COc1ccc2c(N(CCCN)C(C)C)nccc2c1. The molecule has 0 fully saturated rings. The monoisotopic (exact) mass is 273 g/mol. The maximum absolute atomic E-state index is 5.64. The van der Waals surface area contributed by atoms with E-state index in [1.165, 1.54) is 0 Å². The Labute approximate surface area is 120 Å². The molecule has 0 bridgehead atoms. The van der Waals surface area contributed by atoms with Crippen molar-refractivity contribution in [2.75, 3.05) is 25.1 Å². The molecule has 0 aliphatic heterocycles. The minimum absolute atomic E-state index is 0.391. The number of benzene rings is 1. The van der Waals surface area contributed by atoms with Crippen molar-refractivity contribution in [2.45, 2.75) is 26.3 Å². The molecule has 0 saturated heterocycles. The van der Waals surface area contributed by atoms with Gasteiger partial charge in [-0.2, -0.15) is 0 Å². The Bertz CT molecular complexity index is 569. The second-order valence-electron chi connectivity index (χ2n) is 5.15. The lowest BCUT2D eigenvalue weighted by Gasteiger charge is -2.28. The first-order valence-corrected chi connectivity index (χ1v) is 7.07. The van der Waals surface area contributed by atoms with Gasteiger partial charge in [0.2, 0.25) is 0 Å². The molecule has 0 saturated carbocycles. The van der Waals surface area contributed by atoms with Gasteiger partial charge in [-0.1, -0.05) is 0 Å². The summed E-state index contributed by atoms with van der Waals surface area (Å²) in [6.07, 6.45) is 2.82. The van der Waals surface area contributed by atoms with Crippen molar-refractivity contribution >= 4 is 16.6 Å². The Balaban J connectivity index is 2.46. The van der Waals surface area contributed by atoms with E-state index in [1.54, 1.807) is 7.11 Å². The third-order valence-corrected chi connectivity index (χ3v) is 3.45. The van der Waals surface area contributed by atoms with Crippen LogP contribution in [0.4, 0.5) is 5.82 Å². The van der Waals surface area contributed by atoms with Crippen LogP contribution in [-0.4, -0.2) is 31.2 Å². The number of ether oxygens (including phenoxy) is 1. The lowest BCUT2D eigenvalue weighted by molar-refractivity contribution is 0.415. The molecular weight excluding hydrogens is 250 g/mol. The predicted octanol–water partition coefficient (Wildman–Crippen LogP) is 2.81. The fourth-order valence-electron chi connectivity index (χ4n) is 2.37. The van der Waals surface area contributed by atoms with Crippen LogP contribution in [0.2, 0.25) is 0 Å². The minimum Gasteiger partial charge on any atom is -0.497 e. The van der Waals surface area contributed by atoms with E-state index in [0.717, 1.165) is 35.3 Å². The van der Waals surface area contributed by atoms with Gasteiger partial charge in [-0.25, -0.2) is 4.98 Å². The van der Waals surface area contributed by atoms with Gasteiger partial charge in [-0.05, 0) is 56.5 Å². The van der Waals surface area contributed by atoms with Crippen molar-refractivity contribution in [2.24, 2.45) is 5.73 Å². The summed E-state index contributed by atoms with van der Waals surface area (Å²) in [6, 6.07) is 8.51. The Morgan fingerprint density at radius 3 is 2.75 bits per heavy atom. The highest BCUT2D eigenvalue weighted by atomic mass is 16.5. The Kier molecular flexibility index (Phi) is 4.79. The highest BCUT2D eigenvalue weighted by molar-refractivity contribution is 5.93. The standard InChI is InChI=1S/C16H23N3O/c1-12(2)19(10-4-8-17)16-15-6-5-14(20-3)11-13(15)7-9-18-16/h5-7,9,11-12H,4,8,10,17H2,1-3H3. The van der Waals surface area contributed by atoms with Crippen LogP contribution in [0.3, 0.4) is 0 Å². The van der Waals surface area contributed by atoms with Crippen LogP contribution in [-0.2, 0) is 0 Å².